The van der Waals surface area contributed by atoms with Gasteiger partial charge in [0, 0.05) is 22.4 Å². The van der Waals surface area contributed by atoms with Crippen LogP contribution in [0.4, 0.5) is 5.69 Å². The van der Waals surface area contributed by atoms with Crippen LogP contribution < -0.4 is 5.32 Å². The van der Waals surface area contributed by atoms with Crippen molar-refractivity contribution in [2.75, 3.05) is 5.32 Å². The number of carbonyl (C=O) groups is 1. The van der Waals surface area contributed by atoms with Crippen LogP contribution in [0.5, 0.6) is 0 Å². The van der Waals surface area contributed by atoms with Crippen molar-refractivity contribution in [3.63, 3.8) is 0 Å². The van der Waals surface area contributed by atoms with Gasteiger partial charge in [-0.05, 0) is 49.8 Å². The van der Waals surface area contributed by atoms with Gasteiger partial charge in [0.15, 0.2) is 0 Å². The lowest BCUT2D eigenvalue weighted by molar-refractivity contribution is -0.115. The number of carbonyl (C=O) groups excluding carboxylic acids is 1. The maximum atomic E-state index is 12.9. The Bertz CT molecular complexity index is 873. The number of aromatic nitrogens is 2. The van der Waals surface area contributed by atoms with Gasteiger partial charge in [0.2, 0.25) is 5.91 Å². The van der Waals surface area contributed by atoms with Gasteiger partial charge in [0.1, 0.15) is 16.4 Å². The number of benzene rings is 1. The molecule has 4 rings (SSSR count). The van der Waals surface area contributed by atoms with Gasteiger partial charge >= 0.3 is 0 Å². The third-order valence-electron chi connectivity index (χ3n) is 5.70. The third-order valence-corrected chi connectivity index (χ3v) is 8.45. The van der Waals surface area contributed by atoms with E-state index in [-0.39, 0.29) is 11.2 Å². The Kier molecular flexibility index (Phi) is 5.97. The SMILES string of the molecule is CCC(Sc1ncnc2c1C1CCC(C)CC1S2)C(=O)Nc1cccc(C)c1. The predicted molar refractivity (Wildman–Crippen MR) is 117 cm³/mol. The summed E-state index contributed by atoms with van der Waals surface area (Å²) in [7, 11) is 0. The van der Waals surface area contributed by atoms with Gasteiger partial charge in [0.05, 0.1) is 5.25 Å². The molecule has 1 aromatic carbocycles. The maximum Gasteiger partial charge on any atom is 0.237 e. The van der Waals surface area contributed by atoms with Crippen LogP contribution in [0.25, 0.3) is 0 Å². The Labute approximate surface area is 175 Å². The van der Waals surface area contributed by atoms with Gasteiger partial charge in [-0.25, -0.2) is 9.97 Å². The molecule has 0 radical (unpaired) electrons. The molecule has 0 bridgehead atoms. The second-order valence-electron chi connectivity index (χ2n) is 7.95. The molecule has 0 spiro atoms. The second-order valence-corrected chi connectivity index (χ2v) is 10.4. The summed E-state index contributed by atoms with van der Waals surface area (Å²) in [5.41, 5.74) is 3.30. The Morgan fingerprint density at radius 1 is 1.36 bits per heavy atom. The summed E-state index contributed by atoms with van der Waals surface area (Å²) in [5.74, 6) is 1.37. The Morgan fingerprint density at radius 2 is 2.21 bits per heavy atom. The number of hydrogen-bond acceptors (Lipinski definition) is 5. The number of nitrogens with one attached hydrogen (secondary N) is 1. The number of amides is 1. The minimum absolute atomic E-state index is 0.0462. The van der Waals surface area contributed by atoms with Gasteiger partial charge < -0.3 is 5.32 Å². The number of rotatable bonds is 5. The highest BCUT2D eigenvalue weighted by atomic mass is 32.2. The molecule has 1 aromatic heterocycles. The molecule has 6 heteroatoms. The van der Waals surface area contributed by atoms with Crippen molar-refractivity contribution >= 4 is 35.1 Å². The average Bonchev–Trinajstić information content (AvgIpc) is 3.04. The van der Waals surface area contributed by atoms with Gasteiger partial charge in [-0.2, -0.15) is 0 Å². The van der Waals surface area contributed by atoms with Crippen LogP contribution in [0.1, 0.15) is 56.6 Å². The number of nitrogens with zero attached hydrogens (tertiary/aromatic N) is 2. The zero-order valence-electron chi connectivity index (χ0n) is 16.6. The third kappa shape index (κ3) is 4.08. The van der Waals surface area contributed by atoms with E-state index in [9.17, 15) is 4.79 Å². The molecule has 1 saturated carbocycles. The molecule has 0 saturated heterocycles. The number of aryl methyl sites for hydroxylation is 1. The van der Waals surface area contributed by atoms with Crippen molar-refractivity contribution in [1.82, 2.24) is 9.97 Å². The molecule has 148 valence electrons. The largest absolute Gasteiger partial charge is 0.325 e. The van der Waals surface area contributed by atoms with E-state index in [2.05, 4.69) is 29.1 Å². The van der Waals surface area contributed by atoms with Gasteiger partial charge in [-0.3, -0.25) is 4.79 Å². The van der Waals surface area contributed by atoms with Crippen molar-refractivity contribution in [1.29, 1.82) is 0 Å². The Balaban J connectivity index is 1.52. The molecule has 2 aliphatic rings. The number of anilines is 1. The summed E-state index contributed by atoms with van der Waals surface area (Å²) >= 11 is 3.53. The minimum Gasteiger partial charge on any atom is -0.325 e. The molecule has 1 aliphatic carbocycles. The lowest BCUT2D eigenvalue weighted by atomic mass is 9.80. The first kappa shape index (κ1) is 19.8. The smallest absolute Gasteiger partial charge is 0.237 e. The fraction of sp³-hybridized carbons (Fsp3) is 0.500. The van der Waals surface area contributed by atoms with Crippen LogP contribution >= 0.6 is 23.5 Å². The Morgan fingerprint density at radius 3 is 3.00 bits per heavy atom. The number of hydrogen-bond donors (Lipinski definition) is 1. The summed E-state index contributed by atoms with van der Waals surface area (Å²) in [4.78, 5) is 22.1. The highest BCUT2D eigenvalue weighted by molar-refractivity contribution is 8.01. The monoisotopic (exact) mass is 413 g/mol. The van der Waals surface area contributed by atoms with E-state index in [1.54, 1.807) is 18.1 Å². The standard InChI is InChI=1S/C22H27N3OS2/c1-4-17(20(26)25-15-7-5-6-13(2)10-15)27-21-19-16-9-8-14(3)11-18(16)28-22(19)24-12-23-21/h5-7,10,12,14,16-18H,4,8-9,11H2,1-3H3,(H,25,26). The first-order valence-electron chi connectivity index (χ1n) is 10.1. The van der Waals surface area contributed by atoms with Gasteiger partial charge in [-0.1, -0.05) is 44.2 Å². The molecule has 1 aliphatic heterocycles. The quantitative estimate of drug-likeness (QED) is 0.505. The first-order valence-corrected chi connectivity index (χ1v) is 11.9. The van der Waals surface area contributed by atoms with E-state index < -0.39 is 0 Å². The molecule has 4 atom stereocenters. The highest BCUT2D eigenvalue weighted by Crippen LogP contribution is 2.54. The molecule has 1 N–H and O–H groups in total. The van der Waals surface area contributed by atoms with Crippen LogP contribution in [0, 0.1) is 12.8 Å². The van der Waals surface area contributed by atoms with Gasteiger partial charge in [0.25, 0.3) is 0 Å². The van der Waals surface area contributed by atoms with E-state index >= 15 is 0 Å². The molecule has 4 unspecified atom stereocenters. The normalized spacial score (nSPS) is 24.3. The van der Waals surface area contributed by atoms with E-state index in [0.29, 0.717) is 11.2 Å². The molecule has 28 heavy (non-hydrogen) atoms. The zero-order chi connectivity index (χ0) is 19.7. The van der Waals surface area contributed by atoms with Crippen LogP contribution in [0.2, 0.25) is 0 Å². The first-order chi connectivity index (χ1) is 13.5. The fourth-order valence-electron chi connectivity index (χ4n) is 4.20. The van der Waals surface area contributed by atoms with Crippen LogP contribution in [-0.2, 0) is 4.79 Å². The molecular formula is C22H27N3OS2. The lowest BCUT2D eigenvalue weighted by Gasteiger charge is -2.29. The van der Waals surface area contributed by atoms with E-state index in [0.717, 1.165) is 33.6 Å². The van der Waals surface area contributed by atoms with Crippen molar-refractivity contribution in [2.24, 2.45) is 5.92 Å². The topological polar surface area (TPSA) is 54.9 Å². The summed E-state index contributed by atoms with van der Waals surface area (Å²) in [6, 6.07) is 7.94. The Hall–Kier alpha value is -1.53. The molecule has 4 nitrogen and oxygen atoms in total. The predicted octanol–water partition coefficient (Wildman–Crippen LogP) is 5.67. The molecule has 2 aromatic rings. The summed E-state index contributed by atoms with van der Waals surface area (Å²) in [6.45, 7) is 6.45. The minimum atomic E-state index is -0.161. The maximum absolute atomic E-state index is 12.9. The van der Waals surface area contributed by atoms with Crippen molar-refractivity contribution in [3.8, 4) is 0 Å². The molecule has 1 amide bonds. The van der Waals surface area contributed by atoms with Gasteiger partial charge in [-0.15, -0.1) is 11.8 Å². The second kappa shape index (κ2) is 8.46. The summed E-state index contributed by atoms with van der Waals surface area (Å²) < 4.78 is 0. The summed E-state index contributed by atoms with van der Waals surface area (Å²) in [5, 5.41) is 5.68. The van der Waals surface area contributed by atoms with E-state index in [1.807, 2.05) is 43.0 Å². The summed E-state index contributed by atoms with van der Waals surface area (Å²) in [6.07, 6.45) is 6.16. The van der Waals surface area contributed by atoms with Crippen LogP contribution in [0.15, 0.2) is 40.6 Å². The molecule has 2 heterocycles. The van der Waals surface area contributed by atoms with Crippen LogP contribution in [-0.4, -0.2) is 26.4 Å². The van der Waals surface area contributed by atoms with Crippen molar-refractivity contribution in [2.45, 2.75) is 72.9 Å². The van der Waals surface area contributed by atoms with Crippen molar-refractivity contribution in [3.05, 3.63) is 41.7 Å². The van der Waals surface area contributed by atoms with E-state index in [1.165, 1.54) is 24.8 Å². The number of thioether (sulfide) groups is 2. The average molecular weight is 414 g/mol. The fourth-order valence-corrected chi connectivity index (χ4v) is 6.99. The highest BCUT2D eigenvalue weighted by Gasteiger charge is 2.40. The van der Waals surface area contributed by atoms with E-state index in [4.69, 9.17) is 0 Å². The molecular weight excluding hydrogens is 386 g/mol. The van der Waals surface area contributed by atoms with Crippen LogP contribution in [0.3, 0.4) is 0 Å². The lowest BCUT2D eigenvalue weighted by Crippen LogP contribution is -2.25. The zero-order valence-corrected chi connectivity index (χ0v) is 18.3. The van der Waals surface area contributed by atoms with Crippen molar-refractivity contribution < 1.29 is 4.79 Å². The number of fused-ring (bicyclic) bond motifs is 3. The molecule has 1 fully saturated rings.